The highest BCUT2D eigenvalue weighted by Gasteiger charge is 2.29. The van der Waals surface area contributed by atoms with Gasteiger partial charge in [-0.1, -0.05) is 5.92 Å². The Kier molecular flexibility index (Phi) is 4.85. The Balaban J connectivity index is 2.20. The molecule has 3 nitrogen and oxygen atoms in total. The third kappa shape index (κ3) is 2.93. The number of hydrogen-bond donors (Lipinski definition) is 1. The lowest BCUT2D eigenvalue weighted by atomic mass is 10.3. The molecule has 0 aromatic rings. The fourth-order valence-corrected chi connectivity index (χ4v) is 2.15. The molecule has 0 aliphatic carbocycles. The molecular weight excluding hydrogens is 196 g/mol. The minimum absolute atomic E-state index is 0.0348. The maximum Gasteiger partial charge on any atom is 0.239 e. The molecule has 0 aromatic carbocycles. The van der Waals surface area contributed by atoms with Gasteiger partial charge in [0.15, 0.2) is 0 Å². The van der Waals surface area contributed by atoms with E-state index in [0.29, 0.717) is 0 Å². The van der Waals surface area contributed by atoms with Crippen LogP contribution in [0.1, 0.15) is 6.42 Å². The largest absolute Gasteiger partial charge is 0.340 e. The Morgan fingerprint density at radius 1 is 1.79 bits per heavy atom. The third-order valence-electron chi connectivity index (χ3n) is 2.34. The molecule has 1 rings (SSSR count). The van der Waals surface area contributed by atoms with Gasteiger partial charge in [-0.25, -0.2) is 0 Å². The predicted octanol–water partition coefficient (Wildman–Crippen LogP) is 0.173. The fraction of sp³-hybridized carbons (Fsp3) is 0.700. The van der Waals surface area contributed by atoms with Gasteiger partial charge in [0.1, 0.15) is 0 Å². The summed E-state index contributed by atoms with van der Waals surface area (Å²) in [6.45, 7) is 1.70. The molecule has 14 heavy (non-hydrogen) atoms. The van der Waals surface area contributed by atoms with Crippen LogP contribution in [0.25, 0.3) is 0 Å². The van der Waals surface area contributed by atoms with Crippen molar-refractivity contribution < 1.29 is 4.79 Å². The Bertz CT molecular complexity index is 237. The first-order chi connectivity index (χ1) is 6.79. The number of rotatable bonds is 5. The molecule has 1 N–H and O–H groups in total. The van der Waals surface area contributed by atoms with Crippen LogP contribution in [0.4, 0.5) is 0 Å². The van der Waals surface area contributed by atoms with E-state index < -0.39 is 0 Å². The SMILES string of the molecule is C#CCSCCN1CCC(NC)C1=O. The second-order valence-electron chi connectivity index (χ2n) is 3.21. The lowest BCUT2D eigenvalue weighted by Gasteiger charge is -2.15. The van der Waals surface area contributed by atoms with Crippen molar-refractivity contribution in [1.82, 2.24) is 10.2 Å². The van der Waals surface area contributed by atoms with Crippen molar-refractivity contribution in [3.8, 4) is 12.3 Å². The monoisotopic (exact) mass is 212 g/mol. The van der Waals surface area contributed by atoms with E-state index in [1.165, 1.54) is 0 Å². The maximum atomic E-state index is 11.6. The van der Waals surface area contributed by atoms with Crippen molar-refractivity contribution in [2.75, 3.05) is 31.6 Å². The summed E-state index contributed by atoms with van der Waals surface area (Å²) in [7, 11) is 1.83. The summed E-state index contributed by atoms with van der Waals surface area (Å²) in [5.74, 6) is 4.47. The van der Waals surface area contributed by atoms with Gasteiger partial charge in [0.25, 0.3) is 0 Å². The minimum atomic E-state index is 0.0348. The Morgan fingerprint density at radius 2 is 2.57 bits per heavy atom. The van der Waals surface area contributed by atoms with E-state index in [2.05, 4.69) is 11.2 Å². The molecule has 0 aromatic heterocycles. The number of likely N-dealkylation sites (N-methyl/N-ethyl adjacent to an activating group) is 1. The van der Waals surface area contributed by atoms with Crippen molar-refractivity contribution in [3.05, 3.63) is 0 Å². The van der Waals surface area contributed by atoms with Gasteiger partial charge in [0, 0.05) is 18.8 Å². The summed E-state index contributed by atoms with van der Waals surface area (Å²) in [5.41, 5.74) is 0. The van der Waals surface area contributed by atoms with Gasteiger partial charge in [-0.05, 0) is 13.5 Å². The van der Waals surface area contributed by atoms with E-state index in [0.717, 1.165) is 31.0 Å². The third-order valence-corrected chi connectivity index (χ3v) is 3.18. The molecule has 0 radical (unpaired) electrons. The van der Waals surface area contributed by atoms with Gasteiger partial charge >= 0.3 is 0 Å². The zero-order valence-corrected chi connectivity index (χ0v) is 9.27. The van der Waals surface area contributed by atoms with Crippen LogP contribution in [0, 0.1) is 12.3 Å². The quantitative estimate of drug-likeness (QED) is 0.521. The second-order valence-corrected chi connectivity index (χ2v) is 4.32. The van der Waals surface area contributed by atoms with Crippen molar-refractivity contribution in [3.63, 3.8) is 0 Å². The molecule has 1 amide bonds. The molecule has 1 atom stereocenters. The lowest BCUT2D eigenvalue weighted by molar-refractivity contribution is -0.129. The zero-order chi connectivity index (χ0) is 10.4. The van der Waals surface area contributed by atoms with Crippen LogP contribution in [0.2, 0.25) is 0 Å². The van der Waals surface area contributed by atoms with Crippen molar-refractivity contribution in [1.29, 1.82) is 0 Å². The average molecular weight is 212 g/mol. The van der Waals surface area contributed by atoms with Crippen LogP contribution in [-0.4, -0.2) is 48.5 Å². The Labute approximate surface area is 89.6 Å². The van der Waals surface area contributed by atoms with E-state index in [-0.39, 0.29) is 11.9 Å². The standard InChI is InChI=1S/C10H16N2OS/c1-3-7-14-8-6-12-5-4-9(11-2)10(12)13/h1,9,11H,4-8H2,2H3. The highest BCUT2D eigenvalue weighted by Crippen LogP contribution is 2.11. The fourth-order valence-electron chi connectivity index (χ4n) is 1.53. The smallest absolute Gasteiger partial charge is 0.239 e. The molecule has 1 heterocycles. The molecular formula is C10H16N2OS. The Hall–Kier alpha value is -0.660. The van der Waals surface area contributed by atoms with Crippen molar-refractivity contribution >= 4 is 17.7 Å². The summed E-state index contributed by atoms with van der Waals surface area (Å²) >= 11 is 1.70. The van der Waals surface area contributed by atoms with Gasteiger partial charge in [0.05, 0.1) is 11.8 Å². The summed E-state index contributed by atoms with van der Waals surface area (Å²) < 4.78 is 0. The van der Waals surface area contributed by atoms with Gasteiger partial charge < -0.3 is 10.2 Å². The zero-order valence-electron chi connectivity index (χ0n) is 8.45. The number of terminal acetylenes is 1. The van der Waals surface area contributed by atoms with Gasteiger partial charge in [0.2, 0.25) is 5.91 Å². The lowest BCUT2D eigenvalue weighted by Crippen LogP contribution is -2.37. The van der Waals surface area contributed by atoms with Crippen LogP contribution in [0.3, 0.4) is 0 Å². The molecule has 1 fully saturated rings. The van der Waals surface area contributed by atoms with Crippen LogP contribution in [-0.2, 0) is 4.79 Å². The van der Waals surface area contributed by atoms with Crippen LogP contribution >= 0.6 is 11.8 Å². The number of nitrogens with zero attached hydrogens (tertiary/aromatic N) is 1. The number of amides is 1. The van der Waals surface area contributed by atoms with E-state index in [1.54, 1.807) is 11.8 Å². The molecule has 1 aliphatic heterocycles. The van der Waals surface area contributed by atoms with Gasteiger partial charge in [-0.3, -0.25) is 4.79 Å². The molecule has 0 bridgehead atoms. The number of nitrogens with one attached hydrogen (secondary N) is 1. The predicted molar refractivity (Wildman–Crippen MR) is 60.2 cm³/mol. The maximum absolute atomic E-state index is 11.6. The highest BCUT2D eigenvalue weighted by molar-refractivity contribution is 7.99. The molecule has 0 spiro atoms. The summed E-state index contributed by atoms with van der Waals surface area (Å²) in [5, 5.41) is 3.01. The number of likely N-dealkylation sites (tertiary alicyclic amines) is 1. The Morgan fingerprint density at radius 3 is 3.14 bits per heavy atom. The molecule has 1 unspecified atom stereocenters. The summed E-state index contributed by atoms with van der Waals surface area (Å²) in [6.07, 6.45) is 6.06. The molecule has 1 aliphatic rings. The number of carbonyl (C=O) groups excluding carboxylic acids is 1. The van der Waals surface area contributed by atoms with Crippen molar-refractivity contribution in [2.24, 2.45) is 0 Å². The average Bonchev–Trinajstić information content (AvgIpc) is 2.55. The van der Waals surface area contributed by atoms with Gasteiger partial charge in [-0.2, -0.15) is 0 Å². The van der Waals surface area contributed by atoms with Crippen LogP contribution < -0.4 is 5.32 Å². The molecule has 4 heteroatoms. The van der Waals surface area contributed by atoms with E-state index in [4.69, 9.17) is 6.42 Å². The molecule has 1 saturated heterocycles. The van der Waals surface area contributed by atoms with Crippen molar-refractivity contribution in [2.45, 2.75) is 12.5 Å². The first-order valence-electron chi connectivity index (χ1n) is 4.77. The van der Waals surface area contributed by atoms with Crippen LogP contribution in [0.5, 0.6) is 0 Å². The van der Waals surface area contributed by atoms with E-state index >= 15 is 0 Å². The first kappa shape index (κ1) is 11.4. The number of thioether (sulfide) groups is 1. The molecule has 78 valence electrons. The summed E-state index contributed by atoms with van der Waals surface area (Å²) in [4.78, 5) is 13.5. The minimum Gasteiger partial charge on any atom is -0.340 e. The second kappa shape index (κ2) is 5.94. The van der Waals surface area contributed by atoms with Crippen LogP contribution in [0.15, 0.2) is 0 Å². The van der Waals surface area contributed by atoms with E-state index in [9.17, 15) is 4.79 Å². The van der Waals surface area contributed by atoms with E-state index in [1.807, 2.05) is 11.9 Å². The van der Waals surface area contributed by atoms with Gasteiger partial charge in [-0.15, -0.1) is 18.2 Å². The molecule has 0 saturated carbocycles. The topological polar surface area (TPSA) is 32.3 Å². The summed E-state index contributed by atoms with van der Waals surface area (Å²) in [6, 6.07) is 0.0348. The first-order valence-corrected chi connectivity index (χ1v) is 5.92. The highest BCUT2D eigenvalue weighted by atomic mass is 32.2. The number of carbonyl (C=O) groups is 1. The normalized spacial score (nSPS) is 21.3. The number of hydrogen-bond acceptors (Lipinski definition) is 3.